The van der Waals surface area contributed by atoms with E-state index in [0.717, 1.165) is 11.3 Å². The Kier molecular flexibility index (Phi) is 7.99. The first-order valence-corrected chi connectivity index (χ1v) is 7.46. The Labute approximate surface area is 137 Å². The van der Waals surface area contributed by atoms with E-state index in [2.05, 4.69) is 36.3 Å². The summed E-state index contributed by atoms with van der Waals surface area (Å²) < 4.78 is 11.0. The predicted octanol–water partition coefficient (Wildman–Crippen LogP) is 2.71. The molecule has 0 unspecified atom stereocenters. The molecule has 0 saturated carbocycles. The molecule has 120 valence electrons. The van der Waals surface area contributed by atoms with Gasteiger partial charge in [0, 0.05) is 6.54 Å². The number of methoxy groups -OCH3 is 1. The van der Waals surface area contributed by atoms with E-state index in [9.17, 15) is 0 Å². The molecule has 1 rings (SSSR count). The molecule has 0 aliphatic carbocycles. The van der Waals surface area contributed by atoms with Gasteiger partial charge in [-0.1, -0.05) is 19.9 Å². The molecule has 0 atom stereocenters. The summed E-state index contributed by atoms with van der Waals surface area (Å²) in [5.41, 5.74) is 3.61. The van der Waals surface area contributed by atoms with Gasteiger partial charge >= 0.3 is 0 Å². The minimum Gasteiger partial charge on any atom is -0.493 e. The monoisotopic (exact) mass is 321 g/mol. The van der Waals surface area contributed by atoms with Crippen LogP contribution in [0.3, 0.4) is 0 Å². The van der Waals surface area contributed by atoms with Crippen LogP contribution in [0.5, 0.6) is 11.5 Å². The first-order valence-electron chi connectivity index (χ1n) is 7.05. The minimum atomic E-state index is 0.444. The fourth-order valence-electron chi connectivity index (χ4n) is 1.51. The minimum absolute atomic E-state index is 0.444. The normalized spacial score (nSPS) is 10.5. The summed E-state index contributed by atoms with van der Waals surface area (Å²) in [4.78, 5) is 0. The molecule has 0 aliphatic rings. The van der Waals surface area contributed by atoms with Crippen LogP contribution in [0.25, 0.3) is 0 Å². The third-order valence-electron chi connectivity index (χ3n) is 2.55. The van der Waals surface area contributed by atoms with Crippen LogP contribution >= 0.6 is 12.2 Å². The van der Waals surface area contributed by atoms with Crippen molar-refractivity contribution in [3.05, 3.63) is 36.4 Å². The van der Waals surface area contributed by atoms with E-state index in [1.165, 1.54) is 0 Å². The van der Waals surface area contributed by atoms with Crippen molar-refractivity contribution in [3.63, 3.8) is 0 Å². The van der Waals surface area contributed by atoms with Crippen molar-refractivity contribution in [2.45, 2.75) is 13.8 Å². The van der Waals surface area contributed by atoms with Gasteiger partial charge in [-0.3, -0.25) is 5.43 Å². The molecule has 22 heavy (non-hydrogen) atoms. The number of hydrogen-bond acceptors (Lipinski definition) is 4. The highest BCUT2D eigenvalue weighted by Crippen LogP contribution is 2.27. The van der Waals surface area contributed by atoms with E-state index in [-0.39, 0.29) is 0 Å². The molecule has 6 heteroatoms. The van der Waals surface area contributed by atoms with Gasteiger partial charge in [-0.15, -0.1) is 6.58 Å². The lowest BCUT2D eigenvalue weighted by Crippen LogP contribution is -2.31. The van der Waals surface area contributed by atoms with Crippen molar-refractivity contribution in [1.82, 2.24) is 10.7 Å². The zero-order valence-electron chi connectivity index (χ0n) is 13.3. The highest BCUT2D eigenvalue weighted by molar-refractivity contribution is 7.80. The van der Waals surface area contributed by atoms with E-state index in [1.807, 2.05) is 18.2 Å². The maximum absolute atomic E-state index is 5.71. The lowest BCUT2D eigenvalue weighted by molar-refractivity contribution is 0.257. The van der Waals surface area contributed by atoms with Crippen molar-refractivity contribution in [2.75, 3.05) is 20.3 Å². The van der Waals surface area contributed by atoms with Crippen molar-refractivity contribution < 1.29 is 9.47 Å². The molecule has 0 amide bonds. The van der Waals surface area contributed by atoms with Crippen molar-refractivity contribution in [3.8, 4) is 11.5 Å². The van der Waals surface area contributed by atoms with Crippen molar-refractivity contribution in [1.29, 1.82) is 0 Å². The summed E-state index contributed by atoms with van der Waals surface area (Å²) in [7, 11) is 1.62. The molecule has 0 saturated heterocycles. The molecule has 0 spiro atoms. The molecular weight excluding hydrogens is 298 g/mol. The molecule has 0 heterocycles. The predicted molar refractivity (Wildman–Crippen MR) is 94.9 cm³/mol. The van der Waals surface area contributed by atoms with Crippen molar-refractivity contribution in [2.24, 2.45) is 11.0 Å². The zero-order chi connectivity index (χ0) is 16.4. The Morgan fingerprint density at radius 1 is 1.41 bits per heavy atom. The van der Waals surface area contributed by atoms with Gasteiger partial charge in [0.25, 0.3) is 0 Å². The quantitative estimate of drug-likeness (QED) is 0.334. The van der Waals surface area contributed by atoms with Gasteiger partial charge in [0.15, 0.2) is 16.6 Å². The lowest BCUT2D eigenvalue weighted by atomic mass is 10.2. The van der Waals surface area contributed by atoms with Gasteiger partial charge in [0.05, 0.1) is 19.9 Å². The summed E-state index contributed by atoms with van der Waals surface area (Å²) in [5.74, 6) is 1.86. The van der Waals surface area contributed by atoms with Crippen LogP contribution in [0.2, 0.25) is 0 Å². The Morgan fingerprint density at radius 3 is 2.82 bits per heavy atom. The maximum Gasteiger partial charge on any atom is 0.187 e. The summed E-state index contributed by atoms with van der Waals surface area (Å²) in [5, 5.41) is 7.43. The van der Waals surface area contributed by atoms with Crippen LogP contribution in [0, 0.1) is 5.92 Å². The van der Waals surface area contributed by atoms with E-state index in [1.54, 1.807) is 19.4 Å². The van der Waals surface area contributed by atoms with E-state index in [4.69, 9.17) is 21.7 Å². The molecule has 1 aromatic rings. The van der Waals surface area contributed by atoms with Gasteiger partial charge < -0.3 is 14.8 Å². The van der Waals surface area contributed by atoms with E-state index in [0.29, 0.717) is 29.9 Å². The van der Waals surface area contributed by atoms with Gasteiger partial charge in [0.1, 0.15) is 0 Å². The molecule has 0 radical (unpaired) electrons. The number of benzene rings is 1. The highest BCUT2D eigenvalue weighted by atomic mass is 32.1. The number of thiocarbonyl (C=S) groups is 1. The van der Waals surface area contributed by atoms with Gasteiger partial charge in [0.2, 0.25) is 0 Å². The number of nitrogens with zero attached hydrogens (tertiary/aromatic N) is 1. The van der Waals surface area contributed by atoms with Gasteiger partial charge in [-0.05, 0) is 41.9 Å². The second-order valence-electron chi connectivity index (χ2n) is 4.98. The number of nitrogens with one attached hydrogen (secondary N) is 2. The molecular formula is C16H23N3O2S. The molecule has 0 bridgehead atoms. The van der Waals surface area contributed by atoms with Crippen LogP contribution < -0.4 is 20.2 Å². The van der Waals surface area contributed by atoms with E-state index >= 15 is 0 Å². The first-order chi connectivity index (χ1) is 10.6. The number of ether oxygens (including phenoxy) is 2. The van der Waals surface area contributed by atoms with Crippen molar-refractivity contribution >= 4 is 23.5 Å². The molecule has 0 aliphatic heterocycles. The Bertz CT molecular complexity index is 530. The first kappa shape index (κ1) is 18.0. The Morgan fingerprint density at radius 2 is 2.18 bits per heavy atom. The SMILES string of the molecule is C=CCNC(=S)NN=Cc1ccc(OCC(C)C)c(OC)c1. The summed E-state index contributed by atoms with van der Waals surface area (Å²) in [6, 6.07) is 5.64. The number of rotatable bonds is 8. The second kappa shape index (κ2) is 9.78. The number of hydrogen-bond donors (Lipinski definition) is 2. The lowest BCUT2D eigenvalue weighted by Gasteiger charge is -2.12. The summed E-state index contributed by atoms with van der Waals surface area (Å²) >= 11 is 5.03. The average molecular weight is 321 g/mol. The third kappa shape index (κ3) is 6.58. The summed E-state index contributed by atoms with van der Waals surface area (Å²) in [6.45, 7) is 9.04. The van der Waals surface area contributed by atoms with E-state index < -0.39 is 0 Å². The smallest absolute Gasteiger partial charge is 0.187 e. The van der Waals surface area contributed by atoms with Crippen LogP contribution in [0.1, 0.15) is 19.4 Å². The second-order valence-corrected chi connectivity index (χ2v) is 5.39. The van der Waals surface area contributed by atoms with Gasteiger partial charge in [-0.25, -0.2) is 0 Å². The fourth-order valence-corrected chi connectivity index (χ4v) is 1.65. The fraction of sp³-hybridized carbons (Fsp3) is 0.375. The molecule has 5 nitrogen and oxygen atoms in total. The highest BCUT2D eigenvalue weighted by Gasteiger charge is 2.06. The van der Waals surface area contributed by atoms with Crippen LogP contribution in [0.15, 0.2) is 36.0 Å². The number of hydrazone groups is 1. The molecule has 0 aromatic heterocycles. The zero-order valence-corrected chi connectivity index (χ0v) is 14.1. The Hall–Kier alpha value is -2.08. The maximum atomic E-state index is 5.71. The van der Waals surface area contributed by atoms with Crippen LogP contribution in [-0.2, 0) is 0 Å². The largest absolute Gasteiger partial charge is 0.493 e. The third-order valence-corrected chi connectivity index (χ3v) is 2.78. The van der Waals surface area contributed by atoms with Gasteiger partial charge in [-0.2, -0.15) is 5.10 Å². The molecule has 0 fully saturated rings. The summed E-state index contributed by atoms with van der Waals surface area (Å²) in [6.07, 6.45) is 3.38. The molecule has 2 N–H and O–H groups in total. The standard InChI is InChI=1S/C16H23N3O2S/c1-5-8-17-16(22)19-18-10-13-6-7-14(15(9-13)20-4)21-11-12(2)3/h5-7,9-10,12H,1,8,11H2,2-4H3,(H2,17,19,22). The van der Waals surface area contributed by atoms with Crippen LogP contribution in [0.4, 0.5) is 0 Å². The average Bonchev–Trinajstić information content (AvgIpc) is 2.51. The van der Waals surface area contributed by atoms with Crippen LogP contribution in [-0.4, -0.2) is 31.6 Å². The Balaban J connectivity index is 2.64. The molecule has 1 aromatic carbocycles. The topological polar surface area (TPSA) is 54.9 Å².